The first-order valence-corrected chi connectivity index (χ1v) is 10.2. The number of benzene rings is 2. The van der Waals surface area contributed by atoms with Gasteiger partial charge in [0.1, 0.15) is 10.9 Å². The molecule has 3 rings (SSSR count). The van der Waals surface area contributed by atoms with E-state index in [-0.39, 0.29) is 4.88 Å². The van der Waals surface area contributed by atoms with Crippen molar-refractivity contribution in [2.75, 3.05) is 6.26 Å². The van der Waals surface area contributed by atoms with E-state index in [4.69, 9.17) is 0 Å². The van der Waals surface area contributed by atoms with Crippen molar-refractivity contribution in [2.45, 2.75) is 18.2 Å². The van der Waals surface area contributed by atoms with Gasteiger partial charge in [-0.05, 0) is 35.4 Å². The Labute approximate surface area is 160 Å². The SMILES string of the molecule is CCc1sc(C(=O)O)c(-c2ccc(-c3ccccc3SC)cc2)c1C#N. The molecule has 0 unspecified atom stereocenters. The van der Waals surface area contributed by atoms with Crippen molar-refractivity contribution in [3.63, 3.8) is 0 Å². The van der Waals surface area contributed by atoms with Gasteiger partial charge in [-0.1, -0.05) is 49.4 Å². The van der Waals surface area contributed by atoms with Crippen molar-refractivity contribution >= 4 is 29.1 Å². The molecule has 0 atom stereocenters. The molecule has 0 radical (unpaired) electrons. The molecule has 0 spiro atoms. The van der Waals surface area contributed by atoms with E-state index in [9.17, 15) is 15.2 Å². The molecule has 1 heterocycles. The monoisotopic (exact) mass is 379 g/mol. The number of rotatable bonds is 5. The maximum atomic E-state index is 11.7. The van der Waals surface area contributed by atoms with Crippen LogP contribution in [0.15, 0.2) is 53.4 Å². The van der Waals surface area contributed by atoms with E-state index in [0.29, 0.717) is 17.5 Å². The van der Waals surface area contributed by atoms with Crippen LogP contribution >= 0.6 is 23.1 Å². The summed E-state index contributed by atoms with van der Waals surface area (Å²) >= 11 is 2.89. The number of thioether (sulfide) groups is 1. The Morgan fingerprint density at radius 2 is 1.81 bits per heavy atom. The van der Waals surface area contributed by atoms with E-state index in [1.54, 1.807) is 11.8 Å². The van der Waals surface area contributed by atoms with Gasteiger partial charge in [0.2, 0.25) is 0 Å². The molecule has 1 N–H and O–H groups in total. The molecular weight excluding hydrogens is 362 g/mol. The molecule has 3 nitrogen and oxygen atoms in total. The van der Waals surface area contributed by atoms with Crippen LogP contribution in [0.25, 0.3) is 22.3 Å². The number of carbonyl (C=O) groups is 1. The van der Waals surface area contributed by atoms with E-state index in [2.05, 4.69) is 18.2 Å². The molecule has 3 aromatic rings. The highest BCUT2D eigenvalue weighted by molar-refractivity contribution is 7.98. The second kappa shape index (κ2) is 7.77. The second-order valence-corrected chi connectivity index (χ2v) is 7.61. The zero-order chi connectivity index (χ0) is 18.7. The Hall–Kier alpha value is -2.55. The fourth-order valence-corrected chi connectivity index (χ4v) is 4.64. The summed E-state index contributed by atoms with van der Waals surface area (Å²) in [5.74, 6) is -0.988. The fraction of sp³-hybridized carbons (Fsp3) is 0.143. The number of nitriles is 1. The zero-order valence-electron chi connectivity index (χ0n) is 14.4. The average Bonchev–Trinajstić information content (AvgIpc) is 3.07. The van der Waals surface area contributed by atoms with Crippen LogP contribution in [-0.4, -0.2) is 17.3 Å². The summed E-state index contributed by atoms with van der Waals surface area (Å²) in [5.41, 5.74) is 3.99. The number of carboxylic acid groups (broad SMARTS) is 1. The third-order valence-electron chi connectivity index (χ3n) is 4.20. The van der Waals surface area contributed by atoms with E-state index < -0.39 is 5.97 Å². The van der Waals surface area contributed by atoms with Crippen molar-refractivity contribution in [1.29, 1.82) is 5.26 Å². The van der Waals surface area contributed by atoms with Gasteiger partial charge in [-0.2, -0.15) is 5.26 Å². The highest BCUT2D eigenvalue weighted by atomic mass is 32.2. The van der Waals surface area contributed by atoms with Crippen LogP contribution in [0.3, 0.4) is 0 Å². The molecule has 1 aromatic heterocycles. The van der Waals surface area contributed by atoms with Gasteiger partial charge < -0.3 is 5.11 Å². The Bertz CT molecular complexity index is 998. The first-order valence-electron chi connectivity index (χ1n) is 8.13. The second-order valence-electron chi connectivity index (χ2n) is 5.65. The Morgan fingerprint density at radius 3 is 2.38 bits per heavy atom. The van der Waals surface area contributed by atoms with Crippen molar-refractivity contribution in [3.8, 4) is 28.3 Å². The normalized spacial score (nSPS) is 10.5. The van der Waals surface area contributed by atoms with Gasteiger partial charge in [-0.3, -0.25) is 0 Å². The number of thiophene rings is 1. The maximum Gasteiger partial charge on any atom is 0.346 e. The molecule has 0 bridgehead atoms. The fourth-order valence-electron chi connectivity index (χ4n) is 2.97. The minimum absolute atomic E-state index is 0.232. The van der Waals surface area contributed by atoms with Gasteiger partial charge in [0.15, 0.2) is 0 Å². The molecule has 0 aliphatic heterocycles. The largest absolute Gasteiger partial charge is 0.477 e. The summed E-state index contributed by atoms with van der Waals surface area (Å²) < 4.78 is 0. The van der Waals surface area contributed by atoms with Crippen molar-refractivity contribution in [2.24, 2.45) is 0 Å². The van der Waals surface area contributed by atoms with Crippen LogP contribution in [0, 0.1) is 11.3 Å². The number of aromatic carboxylic acids is 1. The molecule has 0 amide bonds. The van der Waals surface area contributed by atoms with E-state index >= 15 is 0 Å². The number of hydrogen-bond acceptors (Lipinski definition) is 4. The highest BCUT2D eigenvalue weighted by Gasteiger charge is 2.23. The number of hydrogen-bond donors (Lipinski definition) is 1. The maximum absolute atomic E-state index is 11.7. The Kier molecular flexibility index (Phi) is 5.46. The van der Waals surface area contributed by atoms with Crippen LogP contribution in [0.2, 0.25) is 0 Å². The van der Waals surface area contributed by atoms with Crippen molar-refractivity contribution in [3.05, 3.63) is 63.8 Å². The molecule has 2 aromatic carbocycles. The van der Waals surface area contributed by atoms with Gasteiger partial charge in [0, 0.05) is 15.3 Å². The van der Waals surface area contributed by atoms with Crippen LogP contribution in [0.4, 0.5) is 0 Å². The summed E-state index contributed by atoms with van der Waals surface area (Å²) in [7, 11) is 0. The predicted molar refractivity (Wildman–Crippen MR) is 108 cm³/mol. The Balaban J connectivity index is 2.11. The Morgan fingerprint density at radius 1 is 1.15 bits per heavy atom. The van der Waals surface area contributed by atoms with Crippen LogP contribution in [0.5, 0.6) is 0 Å². The van der Waals surface area contributed by atoms with Crippen molar-refractivity contribution < 1.29 is 9.90 Å². The van der Waals surface area contributed by atoms with Gasteiger partial charge in [-0.15, -0.1) is 23.1 Å². The summed E-state index contributed by atoms with van der Waals surface area (Å²) in [4.78, 5) is 13.9. The first-order chi connectivity index (χ1) is 12.6. The summed E-state index contributed by atoms with van der Waals surface area (Å²) in [5, 5.41) is 19.1. The highest BCUT2D eigenvalue weighted by Crippen LogP contribution is 2.38. The molecule has 5 heteroatoms. The lowest BCUT2D eigenvalue weighted by Crippen LogP contribution is -1.96. The van der Waals surface area contributed by atoms with E-state index in [1.165, 1.54) is 16.2 Å². The molecule has 26 heavy (non-hydrogen) atoms. The van der Waals surface area contributed by atoms with Crippen molar-refractivity contribution in [1.82, 2.24) is 0 Å². The molecule has 0 aliphatic carbocycles. The molecule has 130 valence electrons. The number of nitrogens with zero attached hydrogens (tertiary/aromatic N) is 1. The van der Waals surface area contributed by atoms with E-state index in [0.717, 1.165) is 21.6 Å². The number of aryl methyl sites for hydroxylation is 1. The zero-order valence-corrected chi connectivity index (χ0v) is 16.1. The first kappa shape index (κ1) is 18.2. The van der Waals surface area contributed by atoms with Gasteiger partial charge in [0.05, 0.1) is 5.56 Å². The topological polar surface area (TPSA) is 61.1 Å². The molecule has 0 aliphatic rings. The third-order valence-corrected chi connectivity index (χ3v) is 6.32. The summed E-state index contributed by atoms with van der Waals surface area (Å²) in [6.45, 7) is 1.94. The smallest absolute Gasteiger partial charge is 0.346 e. The van der Waals surface area contributed by atoms with Gasteiger partial charge in [-0.25, -0.2) is 4.79 Å². The molecule has 0 saturated heterocycles. The molecular formula is C21H17NO2S2. The molecule has 0 fully saturated rings. The van der Waals surface area contributed by atoms with Crippen LogP contribution in [-0.2, 0) is 6.42 Å². The lowest BCUT2D eigenvalue weighted by Gasteiger charge is -2.09. The average molecular weight is 380 g/mol. The standard InChI is InChI=1S/C21H17NO2S2/c1-3-17-16(12-22)19(20(26-17)21(23)24)14-10-8-13(9-11-14)15-6-4-5-7-18(15)25-2/h4-11H,3H2,1-2H3,(H,23,24). The van der Waals surface area contributed by atoms with Gasteiger partial charge in [0.25, 0.3) is 0 Å². The lowest BCUT2D eigenvalue weighted by atomic mass is 9.97. The predicted octanol–water partition coefficient (Wildman–Crippen LogP) is 5.94. The van der Waals surface area contributed by atoms with Crippen LogP contribution in [0.1, 0.15) is 27.0 Å². The van der Waals surface area contributed by atoms with Crippen LogP contribution < -0.4 is 0 Å². The lowest BCUT2D eigenvalue weighted by molar-refractivity contribution is 0.0703. The number of carboxylic acids is 1. The quantitative estimate of drug-likeness (QED) is 0.558. The minimum atomic E-state index is -0.988. The van der Waals surface area contributed by atoms with E-state index in [1.807, 2.05) is 49.6 Å². The van der Waals surface area contributed by atoms with Gasteiger partial charge >= 0.3 is 5.97 Å². The minimum Gasteiger partial charge on any atom is -0.477 e. The summed E-state index contributed by atoms with van der Waals surface area (Å²) in [6, 6.07) is 18.2. The summed E-state index contributed by atoms with van der Waals surface area (Å²) in [6.07, 6.45) is 2.69. The third kappa shape index (κ3) is 3.26. The molecule has 0 saturated carbocycles.